The van der Waals surface area contributed by atoms with Gasteiger partial charge in [-0.3, -0.25) is 20.2 Å². The molecule has 0 bridgehead atoms. The van der Waals surface area contributed by atoms with Gasteiger partial charge in [0.2, 0.25) is 0 Å². The lowest BCUT2D eigenvalue weighted by atomic mass is 10.1. The molecule has 0 amide bonds. The normalized spacial score (nSPS) is 11.4. The number of rotatable bonds is 3. The fourth-order valence-corrected chi connectivity index (χ4v) is 3.60. The Morgan fingerprint density at radius 3 is 2.55 bits per heavy atom. The molecule has 0 radical (unpaired) electrons. The number of nitrogens with one attached hydrogen (secondary N) is 3. The van der Waals surface area contributed by atoms with Crippen molar-refractivity contribution in [2.45, 2.75) is 0 Å². The summed E-state index contributed by atoms with van der Waals surface area (Å²) in [5.74, 6) is 0. The van der Waals surface area contributed by atoms with E-state index < -0.39 is 0 Å². The van der Waals surface area contributed by atoms with Crippen LogP contribution in [0.15, 0.2) is 67.5 Å². The summed E-state index contributed by atoms with van der Waals surface area (Å²) in [4.78, 5) is 16.7. The molecule has 29 heavy (non-hydrogen) atoms. The van der Waals surface area contributed by atoms with E-state index in [0.717, 1.165) is 55.7 Å². The van der Waals surface area contributed by atoms with E-state index in [1.165, 1.54) is 0 Å². The lowest BCUT2D eigenvalue weighted by molar-refractivity contribution is 1.09. The molecule has 138 valence electrons. The Morgan fingerprint density at radius 1 is 0.759 bits per heavy atom. The van der Waals surface area contributed by atoms with Gasteiger partial charge in [-0.05, 0) is 30.3 Å². The third-order valence-electron chi connectivity index (χ3n) is 5.00. The standard InChI is InChI=1S/C21H14N8/c1-4-22-5-2-12(1)19-15-8-18(27-17(15)3-6-23-19)20-16-7-13(14-10-25-26-11-14)9-24-21(16)29-28-20/h1-11,27H,(H,25,26)(H,24,28,29). The van der Waals surface area contributed by atoms with E-state index in [0.29, 0.717) is 0 Å². The van der Waals surface area contributed by atoms with Crippen LogP contribution in [0, 0.1) is 0 Å². The van der Waals surface area contributed by atoms with Gasteiger partial charge in [0.25, 0.3) is 0 Å². The number of fused-ring (bicyclic) bond motifs is 2. The van der Waals surface area contributed by atoms with Crippen molar-refractivity contribution in [3.8, 4) is 33.8 Å². The Kier molecular flexibility index (Phi) is 3.30. The summed E-state index contributed by atoms with van der Waals surface area (Å²) in [6.07, 6.45) is 10.8. The van der Waals surface area contributed by atoms with Gasteiger partial charge in [0.1, 0.15) is 5.69 Å². The Labute approximate surface area is 164 Å². The largest absolute Gasteiger partial charge is 0.353 e. The van der Waals surface area contributed by atoms with Gasteiger partial charge in [0, 0.05) is 64.0 Å². The molecule has 0 atom stereocenters. The topological polar surface area (TPSA) is 112 Å². The van der Waals surface area contributed by atoms with Crippen molar-refractivity contribution in [1.29, 1.82) is 0 Å². The van der Waals surface area contributed by atoms with Crippen LogP contribution in [0.5, 0.6) is 0 Å². The van der Waals surface area contributed by atoms with Crippen molar-refractivity contribution in [3.63, 3.8) is 0 Å². The highest BCUT2D eigenvalue weighted by Crippen LogP contribution is 2.33. The molecule has 0 aliphatic rings. The van der Waals surface area contributed by atoms with E-state index in [1.807, 2.05) is 30.6 Å². The first-order valence-corrected chi connectivity index (χ1v) is 9.08. The van der Waals surface area contributed by atoms with Gasteiger partial charge in [-0.1, -0.05) is 0 Å². The highest BCUT2D eigenvalue weighted by molar-refractivity contribution is 5.99. The predicted molar refractivity (Wildman–Crippen MR) is 110 cm³/mol. The molecule has 0 fully saturated rings. The third-order valence-corrected chi connectivity index (χ3v) is 5.00. The summed E-state index contributed by atoms with van der Waals surface area (Å²) in [5, 5.41) is 16.4. The number of hydrogen-bond acceptors (Lipinski definition) is 5. The third kappa shape index (κ3) is 2.50. The summed E-state index contributed by atoms with van der Waals surface area (Å²) in [5.41, 5.74) is 7.33. The second-order valence-electron chi connectivity index (χ2n) is 6.72. The van der Waals surface area contributed by atoms with Gasteiger partial charge in [-0.25, -0.2) is 4.98 Å². The lowest BCUT2D eigenvalue weighted by Gasteiger charge is -2.01. The van der Waals surface area contributed by atoms with Gasteiger partial charge in [-0.2, -0.15) is 10.2 Å². The maximum Gasteiger partial charge on any atom is 0.155 e. The number of aromatic amines is 3. The number of pyridine rings is 3. The summed E-state index contributed by atoms with van der Waals surface area (Å²) < 4.78 is 0. The quantitative estimate of drug-likeness (QED) is 0.432. The number of hydrogen-bond donors (Lipinski definition) is 3. The number of aromatic nitrogens is 8. The van der Waals surface area contributed by atoms with E-state index in [2.05, 4.69) is 52.5 Å². The molecule has 0 aliphatic heterocycles. The molecule has 6 aromatic heterocycles. The highest BCUT2D eigenvalue weighted by Gasteiger charge is 2.15. The van der Waals surface area contributed by atoms with Crippen molar-refractivity contribution < 1.29 is 0 Å². The minimum Gasteiger partial charge on any atom is -0.353 e. The molecule has 0 spiro atoms. The van der Waals surface area contributed by atoms with E-state index in [9.17, 15) is 0 Å². The molecule has 6 heterocycles. The lowest BCUT2D eigenvalue weighted by Crippen LogP contribution is -1.84. The minimum atomic E-state index is 0.735. The first kappa shape index (κ1) is 15.7. The summed E-state index contributed by atoms with van der Waals surface area (Å²) >= 11 is 0. The molecule has 8 nitrogen and oxygen atoms in total. The summed E-state index contributed by atoms with van der Waals surface area (Å²) in [7, 11) is 0. The Morgan fingerprint density at radius 2 is 1.69 bits per heavy atom. The fraction of sp³-hybridized carbons (Fsp3) is 0. The van der Waals surface area contributed by atoms with Crippen LogP contribution in [-0.2, 0) is 0 Å². The second kappa shape index (κ2) is 6.10. The molecule has 0 aliphatic carbocycles. The predicted octanol–water partition coefficient (Wildman–Crippen LogP) is 3.95. The van der Waals surface area contributed by atoms with Crippen molar-refractivity contribution >= 4 is 21.9 Å². The van der Waals surface area contributed by atoms with E-state index >= 15 is 0 Å². The molecular weight excluding hydrogens is 364 g/mol. The number of H-pyrrole nitrogens is 3. The van der Waals surface area contributed by atoms with Crippen LogP contribution in [0.25, 0.3) is 55.7 Å². The maximum atomic E-state index is 4.58. The smallest absolute Gasteiger partial charge is 0.155 e. The van der Waals surface area contributed by atoms with Gasteiger partial charge in [-0.15, -0.1) is 0 Å². The highest BCUT2D eigenvalue weighted by atomic mass is 15.2. The SMILES string of the molecule is c1cc(-c2nccc3[nH]c(-c4n[nH]c5ncc(-c6cn[nH]c6)cc45)cc23)ccn1. The van der Waals surface area contributed by atoms with Crippen molar-refractivity contribution in [3.05, 3.63) is 67.5 Å². The van der Waals surface area contributed by atoms with Crippen LogP contribution in [0.1, 0.15) is 0 Å². The summed E-state index contributed by atoms with van der Waals surface area (Å²) in [6.45, 7) is 0. The second-order valence-corrected chi connectivity index (χ2v) is 6.72. The molecule has 8 heteroatoms. The average molecular weight is 378 g/mol. The van der Waals surface area contributed by atoms with Crippen LogP contribution >= 0.6 is 0 Å². The van der Waals surface area contributed by atoms with Gasteiger partial charge >= 0.3 is 0 Å². The zero-order valence-corrected chi connectivity index (χ0v) is 15.1. The van der Waals surface area contributed by atoms with Crippen LogP contribution in [-0.4, -0.2) is 40.3 Å². The molecule has 0 saturated heterocycles. The Hall–Kier alpha value is -4.33. The fourth-order valence-electron chi connectivity index (χ4n) is 3.60. The van der Waals surface area contributed by atoms with Crippen LogP contribution < -0.4 is 0 Å². The van der Waals surface area contributed by atoms with Gasteiger partial charge in [0.05, 0.1) is 17.6 Å². The minimum absolute atomic E-state index is 0.735. The van der Waals surface area contributed by atoms with Crippen LogP contribution in [0.4, 0.5) is 0 Å². The van der Waals surface area contributed by atoms with E-state index in [-0.39, 0.29) is 0 Å². The molecule has 6 aromatic rings. The van der Waals surface area contributed by atoms with Crippen molar-refractivity contribution in [2.75, 3.05) is 0 Å². The van der Waals surface area contributed by atoms with Crippen LogP contribution in [0.2, 0.25) is 0 Å². The Balaban J connectivity index is 1.54. The molecule has 0 aromatic carbocycles. The monoisotopic (exact) mass is 378 g/mol. The van der Waals surface area contributed by atoms with Gasteiger partial charge in [0.15, 0.2) is 5.65 Å². The zero-order chi connectivity index (χ0) is 19.2. The molecular formula is C21H14N8. The maximum absolute atomic E-state index is 4.58. The van der Waals surface area contributed by atoms with Crippen LogP contribution in [0.3, 0.4) is 0 Å². The molecule has 0 saturated carbocycles. The average Bonchev–Trinajstić information content (AvgIpc) is 3.52. The first-order chi connectivity index (χ1) is 14.4. The number of nitrogens with zero attached hydrogens (tertiary/aromatic N) is 5. The van der Waals surface area contributed by atoms with E-state index in [4.69, 9.17) is 0 Å². The first-order valence-electron chi connectivity index (χ1n) is 9.08. The zero-order valence-electron chi connectivity index (χ0n) is 15.1. The van der Waals surface area contributed by atoms with Gasteiger partial charge < -0.3 is 4.98 Å². The molecule has 6 rings (SSSR count). The van der Waals surface area contributed by atoms with Crippen molar-refractivity contribution in [2.24, 2.45) is 0 Å². The molecule has 0 unspecified atom stereocenters. The van der Waals surface area contributed by atoms with E-state index in [1.54, 1.807) is 24.8 Å². The Bertz CT molecular complexity index is 1440. The summed E-state index contributed by atoms with van der Waals surface area (Å²) in [6, 6.07) is 10.0. The van der Waals surface area contributed by atoms with Crippen molar-refractivity contribution in [1.82, 2.24) is 40.3 Å². The molecule has 3 N–H and O–H groups in total.